The molecule has 1 saturated heterocycles. The monoisotopic (exact) mass is 412 g/mol. The maximum atomic E-state index is 12.9. The zero-order valence-corrected chi connectivity index (χ0v) is 17.9. The van der Waals surface area contributed by atoms with E-state index in [1.807, 2.05) is 0 Å². The summed E-state index contributed by atoms with van der Waals surface area (Å²) in [5.41, 5.74) is 0.586. The van der Waals surface area contributed by atoms with Gasteiger partial charge in [0.15, 0.2) is 17.5 Å². The fourth-order valence-electron chi connectivity index (χ4n) is 3.57. The number of likely N-dealkylation sites (tertiary alicyclic amines) is 1. The van der Waals surface area contributed by atoms with Gasteiger partial charge in [-0.2, -0.15) is 8.78 Å². The molecular weight excluding hydrogens is 378 g/mol. The molecule has 29 heavy (non-hydrogen) atoms. The molecule has 1 aliphatic rings. The lowest BCUT2D eigenvalue weighted by Crippen LogP contribution is -2.46. The summed E-state index contributed by atoms with van der Waals surface area (Å²) >= 11 is 0. The van der Waals surface area contributed by atoms with E-state index < -0.39 is 6.61 Å². The number of alkyl halides is 2. The van der Waals surface area contributed by atoms with E-state index in [-0.39, 0.29) is 5.75 Å². The second kappa shape index (κ2) is 11.8. The SMILES string of the molecule is CCOc1cccc(CNC(=NC)NCC2CCCN(C(C)C)C2)c1OC(F)F. The summed E-state index contributed by atoms with van der Waals surface area (Å²) < 4.78 is 35.9. The Labute approximate surface area is 172 Å². The van der Waals surface area contributed by atoms with Crippen LogP contribution < -0.4 is 20.1 Å². The number of hydrogen-bond donors (Lipinski definition) is 2. The summed E-state index contributed by atoms with van der Waals surface area (Å²) in [5, 5.41) is 6.55. The molecule has 1 aliphatic heterocycles. The lowest BCUT2D eigenvalue weighted by molar-refractivity contribution is -0.0520. The molecule has 0 amide bonds. The number of ether oxygens (including phenoxy) is 2. The highest BCUT2D eigenvalue weighted by Gasteiger charge is 2.22. The normalized spacial score (nSPS) is 18.2. The van der Waals surface area contributed by atoms with E-state index in [1.165, 1.54) is 12.8 Å². The Balaban J connectivity index is 1.94. The molecule has 1 fully saturated rings. The average molecular weight is 413 g/mol. The van der Waals surface area contributed by atoms with E-state index in [0.29, 0.717) is 42.4 Å². The van der Waals surface area contributed by atoms with Crippen molar-refractivity contribution in [3.63, 3.8) is 0 Å². The maximum Gasteiger partial charge on any atom is 0.387 e. The van der Waals surface area contributed by atoms with Crippen LogP contribution in [0.1, 0.15) is 39.2 Å². The Morgan fingerprint density at radius 3 is 2.76 bits per heavy atom. The van der Waals surface area contributed by atoms with Crippen molar-refractivity contribution in [1.29, 1.82) is 0 Å². The number of nitrogens with zero attached hydrogens (tertiary/aromatic N) is 2. The number of para-hydroxylation sites is 1. The van der Waals surface area contributed by atoms with E-state index in [9.17, 15) is 8.78 Å². The first-order chi connectivity index (χ1) is 13.9. The van der Waals surface area contributed by atoms with Gasteiger partial charge in [0.05, 0.1) is 6.61 Å². The topological polar surface area (TPSA) is 58.1 Å². The third kappa shape index (κ3) is 7.34. The Bertz CT molecular complexity index is 656. The van der Waals surface area contributed by atoms with E-state index in [2.05, 4.69) is 34.4 Å². The standard InChI is InChI=1S/C21H34F2N4O2/c1-5-28-18-10-6-9-17(19(18)29-20(22)23)13-26-21(24-4)25-12-16-8-7-11-27(14-16)15(2)3/h6,9-10,15-16,20H,5,7-8,11-14H2,1-4H3,(H2,24,25,26). The summed E-state index contributed by atoms with van der Waals surface area (Å²) in [7, 11) is 1.70. The molecule has 2 N–H and O–H groups in total. The van der Waals surface area contributed by atoms with E-state index in [4.69, 9.17) is 9.47 Å². The minimum Gasteiger partial charge on any atom is -0.490 e. The third-order valence-corrected chi connectivity index (χ3v) is 5.08. The number of piperidine rings is 1. The number of aliphatic imine (C=N–C) groups is 1. The van der Waals surface area contributed by atoms with Crippen LogP contribution in [-0.4, -0.2) is 56.8 Å². The molecule has 0 spiro atoms. The first kappa shape index (κ1) is 23.2. The molecule has 8 heteroatoms. The van der Waals surface area contributed by atoms with Gasteiger partial charge < -0.3 is 25.0 Å². The highest BCUT2D eigenvalue weighted by molar-refractivity contribution is 5.79. The lowest BCUT2D eigenvalue weighted by Gasteiger charge is -2.35. The van der Waals surface area contributed by atoms with Crippen molar-refractivity contribution in [3.8, 4) is 11.5 Å². The molecule has 6 nitrogen and oxygen atoms in total. The molecule has 1 unspecified atom stereocenters. The van der Waals surface area contributed by atoms with Crippen LogP contribution in [0.4, 0.5) is 8.78 Å². The van der Waals surface area contributed by atoms with Gasteiger partial charge in [0.25, 0.3) is 0 Å². The van der Waals surface area contributed by atoms with Crippen LogP contribution in [0, 0.1) is 5.92 Å². The average Bonchev–Trinajstić information content (AvgIpc) is 2.70. The van der Waals surface area contributed by atoms with Gasteiger partial charge in [0, 0.05) is 38.3 Å². The van der Waals surface area contributed by atoms with Gasteiger partial charge in [0.1, 0.15) is 0 Å². The minimum atomic E-state index is -2.91. The molecule has 0 aliphatic carbocycles. The number of rotatable bonds is 9. The quantitative estimate of drug-likeness (QED) is 0.480. The predicted molar refractivity (Wildman–Crippen MR) is 112 cm³/mol. The van der Waals surface area contributed by atoms with Crippen LogP contribution >= 0.6 is 0 Å². The fourth-order valence-corrected chi connectivity index (χ4v) is 3.57. The predicted octanol–water partition coefficient (Wildman–Crippen LogP) is 3.47. The minimum absolute atomic E-state index is 0.0622. The van der Waals surface area contributed by atoms with Gasteiger partial charge in [-0.25, -0.2) is 0 Å². The molecule has 164 valence electrons. The van der Waals surface area contributed by atoms with Gasteiger partial charge in [-0.3, -0.25) is 4.99 Å². The van der Waals surface area contributed by atoms with Crippen LogP contribution in [0.5, 0.6) is 11.5 Å². The van der Waals surface area contributed by atoms with Crippen molar-refractivity contribution in [3.05, 3.63) is 23.8 Å². The van der Waals surface area contributed by atoms with Gasteiger partial charge >= 0.3 is 6.61 Å². The fraction of sp³-hybridized carbons (Fsp3) is 0.667. The number of halogens is 2. The molecule has 0 radical (unpaired) electrons. The smallest absolute Gasteiger partial charge is 0.387 e. The molecule has 0 bridgehead atoms. The molecule has 0 aromatic heterocycles. The Morgan fingerprint density at radius 2 is 2.10 bits per heavy atom. The van der Waals surface area contributed by atoms with Crippen molar-refractivity contribution in [2.75, 3.05) is 33.3 Å². The summed E-state index contributed by atoms with van der Waals surface area (Å²) in [6.07, 6.45) is 2.39. The zero-order chi connectivity index (χ0) is 21.2. The summed E-state index contributed by atoms with van der Waals surface area (Å²) in [6.45, 7) is 7.06. The number of guanidine groups is 1. The van der Waals surface area contributed by atoms with Crippen LogP contribution in [0.25, 0.3) is 0 Å². The Hall–Kier alpha value is -2.09. The van der Waals surface area contributed by atoms with Crippen molar-refractivity contribution >= 4 is 5.96 Å². The molecule has 1 atom stereocenters. The molecule has 0 saturated carbocycles. The summed E-state index contributed by atoms with van der Waals surface area (Å²) in [4.78, 5) is 6.75. The molecule has 1 aromatic carbocycles. The molecule has 2 rings (SSSR count). The van der Waals surface area contributed by atoms with Crippen LogP contribution in [0.2, 0.25) is 0 Å². The Kier molecular flexibility index (Phi) is 9.44. The van der Waals surface area contributed by atoms with Crippen LogP contribution in [0.3, 0.4) is 0 Å². The number of benzene rings is 1. The third-order valence-electron chi connectivity index (χ3n) is 5.08. The zero-order valence-electron chi connectivity index (χ0n) is 17.9. The van der Waals surface area contributed by atoms with Crippen LogP contribution in [0.15, 0.2) is 23.2 Å². The first-order valence-corrected chi connectivity index (χ1v) is 10.3. The second-order valence-electron chi connectivity index (χ2n) is 7.46. The number of nitrogens with one attached hydrogen (secondary N) is 2. The first-order valence-electron chi connectivity index (χ1n) is 10.3. The van der Waals surface area contributed by atoms with Crippen molar-refractivity contribution < 1.29 is 18.3 Å². The highest BCUT2D eigenvalue weighted by atomic mass is 19.3. The van der Waals surface area contributed by atoms with Crippen LogP contribution in [-0.2, 0) is 6.54 Å². The number of hydrogen-bond acceptors (Lipinski definition) is 4. The molecule has 1 aromatic rings. The van der Waals surface area contributed by atoms with Crippen molar-refractivity contribution in [1.82, 2.24) is 15.5 Å². The van der Waals surface area contributed by atoms with Gasteiger partial charge in [-0.05, 0) is 52.1 Å². The largest absolute Gasteiger partial charge is 0.490 e. The summed E-state index contributed by atoms with van der Waals surface area (Å²) in [5.74, 6) is 1.57. The Morgan fingerprint density at radius 1 is 1.31 bits per heavy atom. The second-order valence-corrected chi connectivity index (χ2v) is 7.46. The van der Waals surface area contributed by atoms with Gasteiger partial charge in [-0.1, -0.05) is 12.1 Å². The van der Waals surface area contributed by atoms with Crippen molar-refractivity contribution in [2.45, 2.75) is 52.8 Å². The summed E-state index contributed by atoms with van der Waals surface area (Å²) in [6, 6.07) is 5.68. The molecular formula is C21H34F2N4O2. The van der Waals surface area contributed by atoms with Gasteiger partial charge in [0.2, 0.25) is 0 Å². The molecule has 1 heterocycles. The van der Waals surface area contributed by atoms with Crippen molar-refractivity contribution in [2.24, 2.45) is 10.9 Å². The maximum absolute atomic E-state index is 12.9. The van der Waals surface area contributed by atoms with E-state index in [0.717, 1.165) is 19.6 Å². The lowest BCUT2D eigenvalue weighted by atomic mass is 9.97. The van der Waals surface area contributed by atoms with Gasteiger partial charge in [-0.15, -0.1) is 0 Å². The van der Waals surface area contributed by atoms with E-state index in [1.54, 1.807) is 32.2 Å². The highest BCUT2D eigenvalue weighted by Crippen LogP contribution is 2.32. The van der Waals surface area contributed by atoms with E-state index >= 15 is 0 Å².